The third kappa shape index (κ3) is 4.93. The third-order valence-corrected chi connectivity index (χ3v) is 4.29. The average molecular weight is 389 g/mol. The molecular formula is C19H21BrN2O2. The Morgan fingerprint density at radius 1 is 1.00 bits per heavy atom. The third-order valence-electron chi connectivity index (χ3n) is 3.76. The lowest BCUT2D eigenvalue weighted by molar-refractivity contribution is -0.131. The number of rotatable bonds is 6. The van der Waals surface area contributed by atoms with Gasteiger partial charge >= 0.3 is 0 Å². The Morgan fingerprint density at radius 3 is 2.17 bits per heavy atom. The highest BCUT2D eigenvalue weighted by atomic mass is 79.9. The van der Waals surface area contributed by atoms with Crippen LogP contribution in [0.4, 0.5) is 5.69 Å². The Balaban J connectivity index is 2.11. The lowest BCUT2D eigenvalue weighted by atomic mass is 10.2. The van der Waals surface area contributed by atoms with E-state index >= 15 is 0 Å². The lowest BCUT2D eigenvalue weighted by Crippen LogP contribution is -2.42. The zero-order chi connectivity index (χ0) is 17.5. The number of benzene rings is 2. The Bertz CT molecular complexity index is 686. The Morgan fingerprint density at radius 2 is 1.62 bits per heavy atom. The van der Waals surface area contributed by atoms with Crippen molar-refractivity contribution in [1.29, 1.82) is 0 Å². The first-order valence-corrected chi connectivity index (χ1v) is 8.66. The second kappa shape index (κ2) is 8.64. The van der Waals surface area contributed by atoms with Crippen LogP contribution >= 0.6 is 15.9 Å². The van der Waals surface area contributed by atoms with Crippen molar-refractivity contribution >= 4 is 33.4 Å². The van der Waals surface area contributed by atoms with Crippen LogP contribution in [0.25, 0.3) is 0 Å². The minimum atomic E-state index is -0.151. The summed E-state index contributed by atoms with van der Waals surface area (Å²) < 4.78 is 0.931. The highest BCUT2D eigenvalue weighted by molar-refractivity contribution is 9.10. The summed E-state index contributed by atoms with van der Waals surface area (Å²) in [6.07, 6.45) is 0. The first-order valence-electron chi connectivity index (χ1n) is 7.86. The van der Waals surface area contributed by atoms with Gasteiger partial charge in [-0.3, -0.25) is 9.59 Å². The molecule has 0 N–H and O–H groups in total. The molecule has 0 radical (unpaired) electrons. The van der Waals surface area contributed by atoms with Crippen LogP contribution in [-0.2, 0) is 16.1 Å². The molecule has 0 saturated carbocycles. The molecule has 0 heterocycles. The van der Waals surface area contributed by atoms with Crippen molar-refractivity contribution in [3.8, 4) is 0 Å². The van der Waals surface area contributed by atoms with Crippen molar-refractivity contribution in [3.05, 3.63) is 64.6 Å². The minimum Gasteiger partial charge on any atom is -0.337 e. The molecule has 0 aliphatic rings. The van der Waals surface area contributed by atoms with Crippen LogP contribution in [0.1, 0.15) is 19.4 Å². The quantitative estimate of drug-likeness (QED) is 0.753. The van der Waals surface area contributed by atoms with Crippen molar-refractivity contribution in [2.75, 3.05) is 18.0 Å². The number of hydrogen-bond donors (Lipinski definition) is 0. The minimum absolute atomic E-state index is 0.0393. The maximum atomic E-state index is 12.7. The first kappa shape index (κ1) is 18.2. The molecule has 0 unspecified atom stereocenters. The van der Waals surface area contributed by atoms with Crippen molar-refractivity contribution in [2.45, 2.75) is 20.4 Å². The van der Waals surface area contributed by atoms with Gasteiger partial charge in [-0.1, -0.05) is 46.3 Å². The van der Waals surface area contributed by atoms with Gasteiger partial charge in [0.1, 0.15) is 6.54 Å². The van der Waals surface area contributed by atoms with Gasteiger partial charge in [-0.15, -0.1) is 0 Å². The van der Waals surface area contributed by atoms with Gasteiger partial charge in [0, 0.05) is 30.2 Å². The zero-order valence-corrected chi connectivity index (χ0v) is 15.5. The SMILES string of the molecule is CCN(Cc1ccccc1)C(=O)CN(C(C)=O)c1ccc(Br)cc1. The van der Waals surface area contributed by atoms with E-state index in [9.17, 15) is 9.59 Å². The molecular weight excluding hydrogens is 368 g/mol. The lowest BCUT2D eigenvalue weighted by Gasteiger charge is -2.26. The normalized spacial score (nSPS) is 10.3. The molecule has 2 aromatic rings. The van der Waals surface area contributed by atoms with E-state index in [0.29, 0.717) is 13.1 Å². The second-order valence-corrected chi connectivity index (χ2v) is 6.39. The molecule has 2 rings (SSSR count). The van der Waals surface area contributed by atoms with Crippen LogP contribution < -0.4 is 4.90 Å². The van der Waals surface area contributed by atoms with E-state index in [1.165, 1.54) is 11.8 Å². The molecule has 0 fully saturated rings. The molecule has 0 aromatic heterocycles. The van der Waals surface area contributed by atoms with E-state index in [1.54, 1.807) is 4.90 Å². The van der Waals surface area contributed by atoms with Crippen molar-refractivity contribution in [1.82, 2.24) is 4.90 Å². The molecule has 5 heteroatoms. The van der Waals surface area contributed by atoms with Crippen LogP contribution in [-0.4, -0.2) is 29.8 Å². The van der Waals surface area contributed by atoms with Crippen LogP contribution in [0.5, 0.6) is 0 Å². The number of likely N-dealkylation sites (N-methyl/N-ethyl adjacent to an activating group) is 1. The largest absolute Gasteiger partial charge is 0.337 e. The summed E-state index contributed by atoms with van der Waals surface area (Å²) in [5, 5.41) is 0. The number of carbonyl (C=O) groups excluding carboxylic acids is 2. The summed E-state index contributed by atoms with van der Waals surface area (Å²) in [5.74, 6) is -0.221. The summed E-state index contributed by atoms with van der Waals surface area (Å²) in [7, 11) is 0. The Hall–Kier alpha value is -2.14. The van der Waals surface area contributed by atoms with Crippen LogP contribution in [0.2, 0.25) is 0 Å². The summed E-state index contributed by atoms with van der Waals surface area (Å²) in [5.41, 5.74) is 1.79. The zero-order valence-electron chi connectivity index (χ0n) is 13.9. The van der Waals surface area contributed by atoms with Crippen molar-refractivity contribution in [2.24, 2.45) is 0 Å². The predicted octanol–water partition coefficient (Wildman–Crippen LogP) is 3.85. The fraction of sp³-hybridized carbons (Fsp3) is 0.263. The molecule has 24 heavy (non-hydrogen) atoms. The number of anilines is 1. The van der Waals surface area contributed by atoms with Crippen molar-refractivity contribution in [3.63, 3.8) is 0 Å². The highest BCUT2D eigenvalue weighted by Crippen LogP contribution is 2.19. The van der Waals surface area contributed by atoms with E-state index in [1.807, 2.05) is 61.5 Å². The summed E-state index contributed by atoms with van der Waals surface area (Å²) >= 11 is 3.38. The highest BCUT2D eigenvalue weighted by Gasteiger charge is 2.19. The number of amides is 2. The maximum Gasteiger partial charge on any atom is 0.242 e. The molecule has 4 nitrogen and oxygen atoms in total. The maximum absolute atomic E-state index is 12.7. The topological polar surface area (TPSA) is 40.6 Å². The van der Waals surface area contributed by atoms with E-state index in [4.69, 9.17) is 0 Å². The summed E-state index contributed by atoms with van der Waals surface area (Å²) in [4.78, 5) is 27.9. The molecule has 126 valence electrons. The van der Waals surface area contributed by atoms with E-state index in [2.05, 4.69) is 15.9 Å². The van der Waals surface area contributed by atoms with Gasteiger partial charge in [0.15, 0.2) is 0 Å². The van der Waals surface area contributed by atoms with Gasteiger partial charge in [0.2, 0.25) is 11.8 Å². The molecule has 0 bridgehead atoms. The van der Waals surface area contributed by atoms with Gasteiger partial charge in [-0.05, 0) is 36.8 Å². The number of hydrogen-bond acceptors (Lipinski definition) is 2. The van der Waals surface area contributed by atoms with Gasteiger partial charge in [-0.2, -0.15) is 0 Å². The second-order valence-electron chi connectivity index (χ2n) is 5.48. The van der Waals surface area contributed by atoms with E-state index in [0.717, 1.165) is 15.7 Å². The fourth-order valence-corrected chi connectivity index (χ4v) is 2.69. The molecule has 2 aromatic carbocycles. The number of carbonyl (C=O) groups is 2. The molecule has 2 amide bonds. The van der Waals surface area contributed by atoms with Gasteiger partial charge in [0.05, 0.1) is 0 Å². The van der Waals surface area contributed by atoms with E-state index in [-0.39, 0.29) is 18.4 Å². The van der Waals surface area contributed by atoms with Gasteiger partial charge in [-0.25, -0.2) is 0 Å². The number of nitrogens with zero attached hydrogens (tertiary/aromatic N) is 2. The summed E-state index contributed by atoms with van der Waals surface area (Å²) in [6.45, 7) is 4.60. The molecule has 0 saturated heterocycles. The van der Waals surface area contributed by atoms with Crippen LogP contribution in [0.15, 0.2) is 59.1 Å². The van der Waals surface area contributed by atoms with E-state index < -0.39 is 0 Å². The van der Waals surface area contributed by atoms with Crippen LogP contribution in [0, 0.1) is 0 Å². The standard InChI is InChI=1S/C19H21BrN2O2/c1-3-21(13-16-7-5-4-6-8-16)19(24)14-22(15(2)23)18-11-9-17(20)10-12-18/h4-12H,3,13-14H2,1-2H3. The first-order chi connectivity index (χ1) is 11.5. The molecule has 0 aliphatic heterocycles. The Labute approximate surface area is 151 Å². The van der Waals surface area contributed by atoms with Crippen molar-refractivity contribution < 1.29 is 9.59 Å². The Kier molecular flexibility index (Phi) is 6.55. The number of halogens is 1. The predicted molar refractivity (Wildman–Crippen MR) is 99.7 cm³/mol. The van der Waals surface area contributed by atoms with Crippen LogP contribution in [0.3, 0.4) is 0 Å². The fourth-order valence-electron chi connectivity index (χ4n) is 2.42. The average Bonchev–Trinajstić information content (AvgIpc) is 2.59. The van der Waals surface area contributed by atoms with Gasteiger partial charge < -0.3 is 9.80 Å². The molecule has 0 aliphatic carbocycles. The van der Waals surface area contributed by atoms with Gasteiger partial charge in [0.25, 0.3) is 0 Å². The smallest absolute Gasteiger partial charge is 0.242 e. The molecule has 0 atom stereocenters. The monoisotopic (exact) mass is 388 g/mol. The molecule has 0 spiro atoms. The summed E-state index contributed by atoms with van der Waals surface area (Å²) in [6, 6.07) is 17.2.